The first kappa shape index (κ1) is 8.00. The second-order valence-electron chi connectivity index (χ2n) is 2.33. The quantitative estimate of drug-likeness (QED) is 0.593. The van der Waals surface area contributed by atoms with Crippen molar-refractivity contribution in [2.24, 2.45) is 7.05 Å². The number of H-pyrrole nitrogens is 1. The molecule has 5 heteroatoms. The Balaban J connectivity index is 2.65. The Bertz CT molecular complexity index is 276. The lowest BCUT2D eigenvalue weighted by Gasteiger charge is -1.89. The van der Waals surface area contributed by atoms with E-state index < -0.39 is 0 Å². The lowest BCUT2D eigenvalue weighted by atomic mass is 10.3. The molecule has 62 valence electrons. The van der Waals surface area contributed by atoms with Crippen LogP contribution in [-0.2, 0) is 13.5 Å². The highest BCUT2D eigenvalue weighted by Gasteiger charge is 1.99. The first-order valence-electron chi connectivity index (χ1n) is 3.47. The standard InChI is InChI=1S/C6H11N3O2/c1-9-6(11)7-5(8-9)3-2-4-10/h10H,2-4H2,1H3,(H,7,8,11). The lowest BCUT2D eigenvalue weighted by molar-refractivity contribution is 0.287. The molecular weight excluding hydrogens is 146 g/mol. The summed E-state index contributed by atoms with van der Waals surface area (Å²) in [5.74, 6) is 0.631. The van der Waals surface area contributed by atoms with Crippen LogP contribution in [0.5, 0.6) is 0 Å². The summed E-state index contributed by atoms with van der Waals surface area (Å²) < 4.78 is 1.24. The van der Waals surface area contributed by atoms with Gasteiger partial charge in [0.25, 0.3) is 0 Å². The van der Waals surface area contributed by atoms with Crippen molar-refractivity contribution in [1.82, 2.24) is 14.8 Å². The first-order valence-corrected chi connectivity index (χ1v) is 3.47. The van der Waals surface area contributed by atoms with Crippen molar-refractivity contribution in [2.75, 3.05) is 6.61 Å². The van der Waals surface area contributed by atoms with Gasteiger partial charge in [-0.3, -0.25) is 4.98 Å². The molecule has 2 N–H and O–H groups in total. The molecule has 0 saturated carbocycles. The van der Waals surface area contributed by atoms with E-state index >= 15 is 0 Å². The number of aromatic nitrogens is 3. The van der Waals surface area contributed by atoms with Gasteiger partial charge in [-0.25, -0.2) is 9.48 Å². The smallest absolute Gasteiger partial charge is 0.342 e. The molecule has 0 saturated heterocycles. The average Bonchev–Trinajstić information content (AvgIpc) is 2.28. The van der Waals surface area contributed by atoms with Gasteiger partial charge in [0.05, 0.1) is 0 Å². The third-order valence-corrected chi connectivity index (χ3v) is 1.39. The van der Waals surface area contributed by atoms with Gasteiger partial charge in [0.2, 0.25) is 0 Å². The highest BCUT2D eigenvalue weighted by Crippen LogP contribution is 1.89. The average molecular weight is 157 g/mol. The minimum absolute atomic E-state index is 0.124. The summed E-state index contributed by atoms with van der Waals surface area (Å²) in [5.41, 5.74) is -0.210. The van der Waals surface area contributed by atoms with Crippen LogP contribution in [0.15, 0.2) is 4.79 Å². The molecule has 1 rings (SSSR count). The molecule has 1 heterocycles. The number of hydrogen-bond acceptors (Lipinski definition) is 3. The number of nitrogens with one attached hydrogen (secondary N) is 1. The van der Waals surface area contributed by atoms with Crippen LogP contribution in [0.25, 0.3) is 0 Å². The van der Waals surface area contributed by atoms with Crippen LogP contribution in [0, 0.1) is 0 Å². The van der Waals surface area contributed by atoms with E-state index in [9.17, 15) is 4.79 Å². The van der Waals surface area contributed by atoms with E-state index in [-0.39, 0.29) is 12.3 Å². The predicted molar refractivity (Wildman–Crippen MR) is 39.2 cm³/mol. The molecule has 1 aromatic rings. The van der Waals surface area contributed by atoms with Crippen LogP contribution in [0.1, 0.15) is 12.2 Å². The van der Waals surface area contributed by atoms with Crippen LogP contribution in [-0.4, -0.2) is 26.5 Å². The van der Waals surface area contributed by atoms with Gasteiger partial charge in [-0.1, -0.05) is 0 Å². The summed E-state index contributed by atoms with van der Waals surface area (Å²) in [6.07, 6.45) is 1.25. The van der Waals surface area contributed by atoms with Gasteiger partial charge >= 0.3 is 5.69 Å². The maximum absolute atomic E-state index is 10.8. The Morgan fingerprint density at radius 3 is 2.91 bits per heavy atom. The maximum Gasteiger partial charge on any atom is 0.342 e. The minimum Gasteiger partial charge on any atom is -0.396 e. The van der Waals surface area contributed by atoms with E-state index in [1.54, 1.807) is 7.05 Å². The highest BCUT2D eigenvalue weighted by molar-refractivity contribution is 4.81. The Morgan fingerprint density at radius 2 is 2.45 bits per heavy atom. The third kappa shape index (κ3) is 1.91. The maximum atomic E-state index is 10.8. The summed E-state index contributed by atoms with van der Waals surface area (Å²) in [7, 11) is 1.58. The molecule has 0 radical (unpaired) electrons. The van der Waals surface area contributed by atoms with E-state index in [0.29, 0.717) is 18.7 Å². The molecule has 5 nitrogen and oxygen atoms in total. The van der Waals surface area contributed by atoms with Crippen LogP contribution in [0.3, 0.4) is 0 Å². The summed E-state index contributed by atoms with van der Waals surface area (Å²) in [5, 5.41) is 12.4. The molecule has 0 amide bonds. The molecule has 0 fully saturated rings. The number of aliphatic hydroxyl groups excluding tert-OH is 1. The van der Waals surface area contributed by atoms with Crippen LogP contribution >= 0.6 is 0 Å². The van der Waals surface area contributed by atoms with Gasteiger partial charge < -0.3 is 5.11 Å². The molecular formula is C6H11N3O2. The summed E-state index contributed by atoms with van der Waals surface area (Å²) in [6, 6.07) is 0. The van der Waals surface area contributed by atoms with Crippen molar-refractivity contribution in [3.63, 3.8) is 0 Å². The fraction of sp³-hybridized carbons (Fsp3) is 0.667. The first-order chi connectivity index (χ1) is 5.24. The second kappa shape index (κ2) is 3.34. The number of hydrogen-bond donors (Lipinski definition) is 2. The lowest BCUT2D eigenvalue weighted by Crippen LogP contribution is -2.13. The van der Waals surface area contributed by atoms with E-state index in [1.807, 2.05) is 0 Å². The third-order valence-electron chi connectivity index (χ3n) is 1.39. The Labute approximate surface area is 63.7 Å². The Morgan fingerprint density at radius 1 is 1.73 bits per heavy atom. The van der Waals surface area contributed by atoms with Crippen LogP contribution < -0.4 is 5.69 Å². The normalized spacial score (nSPS) is 10.4. The summed E-state index contributed by atoms with van der Waals surface area (Å²) in [6.45, 7) is 0.124. The van der Waals surface area contributed by atoms with Gasteiger partial charge in [-0.15, -0.1) is 0 Å². The van der Waals surface area contributed by atoms with Gasteiger partial charge in [0.1, 0.15) is 5.82 Å². The molecule has 11 heavy (non-hydrogen) atoms. The zero-order valence-electron chi connectivity index (χ0n) is 6.37. The summed E-state index contributed by atoms with van der Waals surface area (Å²) >= 11 is 0. The number of aliphatic hydroxyl groups is 1. The topological polar surface area (TPSA) is 70.9 Å². The van der Waals surface area contributed by atoms with Crippen molar-refractivity contribution in [2.45, 2.75) is 12.8 Å². The van der Waals surface area contributed by atoms with Crippen molar-refractivity contribution < 1.29 is 5.11 Å². The van der Waals surface area contributed by atoms with E-state index in [1.165, 1.54) is 4.68 Å². The number of nitrogens with zero attached hydrogens (tertiary/aromatic N) is 2. The van der Waals surface area contributed by atoms with Gasteiger partial charge in [0, 0.05) is 20.1 Å². The van der Waals surface area contributed by atoms with Crippen LogP contribution in [0.2, 0.25) is 0 Å². The fourth-order valence-electron chi connectivity index (χ4n) is 0.815. The molecule has 0 spiro atoms. The van der Waals surface area contributed by atoms with Crippen molar-refractivity contribution in [3.05, 3.63) is 16.3 Å². The van der Waals surface area contributed by atoms with Crippen molar-refractivity contribution in [1.29, 1.82) is 0 Å². The van der Waals surface area contributed by atoms with Crippen LogP contribution in [0.4, 0.5) is 0 Å². The largest absolute Gasteiger partial charge is 0.396 e. The van der Waals surface area contributed by atoms with Crippen molar-refractivity contribution >= 4 is 0 Å². The molecule has 0 aliphatic heterocycles. The molecule has 0 aliphatic rings. The zero-order valence-corrected chi connectivity index (χ0v) is 6.37. The summed E-state index contributed by atoms with van der Waals surface area (Å²) in [4.78, 5) is 13.3. The number of aromatic amines is 1. The molecule has 0 bridgehead atoms. The Kier molecular flexibility index (Phi) is 2.43. The monoisotopic (exact) mass is 157 g/mol. The van der Waals surface area contributed by atoms with Crippen molar-refractivity contribution in [3.8, 4) is 0 Å². The van der Waals surface area contributed by atoms with E-state index in [0.717, 1.165) is 0 Å². The molecule has 1 aromatic heterocycles. The number of aryl methyl sites for hydroxylation is 2. The van der Waals surface area contributed by atoms with E-state index in [2.05, 4.69) is 10.1 Å². The van der Waals surface area contributed by atoms with Gasteiger partial charge in [-0.2, -0.15) is 5.10 Å². The molecule has 0 atom stereocenters. The highest BCUT2D eigenvalue weighted by atomic mass is 16.3. The molecule has 0 unspecified atom stereocenters. The van der Waals surface area contributed by atoms with Gasteiger partial charge in [0.15, 0.2) is 0 Å². The second-order valence-corrected chi connectivity index (χ2v) is 2.33. The SMILES string of the molecule is Cn1nc(CCCO)[nH]c1=O. The fourth-order valence-corrected chi connectivity index (χ4v) is 0.815. The number of rotatable bonds is 3. The van der Waals surface area contributed by atoms with E-state index in [4.69, 9.17) is 5.11 Å². The zero-order chi connectivity index (χ0) is 8.27. The molecule has 0 aliphatic carbocycles. The minimum atomic E-state index is -0.210. The molecule has 0 aromatic carbocycles. The Hall–Kier alpha value is -1.10. The van der Waals surface area contributed by atoms with Gasteiger partial charge in [-0.05, 0) is 6.42 Å². The predicted octanol–water partition coefficient (Wildman–Crippen LogP) is -0.967.